The summed E-state index contributed by atoms with van der Waals surface area (Å²) in [4.78, 5) is 0.195. The van der Waals surface area contributed by atoms with Crippen LogP contribution < -0.4 is 4.72 Å². The van der Waals surface area contributed by atoms with Crippen LogP contribution in [0.15, 0.2) is 59.5 Å². The summed E-state index contributed by atoms with van der Waals surface area (Å²) in [5.74, 6) is 0.741. The second-order valence-electron chi connectivity index (χ2n) is 6.73. The Morgan fingerprint density at radius 3 is 2.46 bits per heavy atom. The molecule has 4 rings (SSSR count). The zero-order chi connectivity index (χ0) is 19.9. The van der Waals surface area contributed by atoms with Gasteiger partial charge in [0.05, 0.1) is 4.90 Å². The molecule has 0 aliphatic rings. The van der Waals surface area contributed by atoms with Crippen molar-refractivity contribution < 1.29 is 8.42 Å². The highest BCUT2D eigenvalue weighted by Crippen LogP contribution is 2.21. The number of anilines is 1. The average molecular weight is 393 g/mol. The molecule has 0 spiro atoms. The lowest BCUT2D eigenvalue weighted by Gasteiger charge is -2.09. The molecule has 7 nitrogen and oxygen atoms in total. The van der Waals surface area contributed by atoms with Gasteiger partial charge in [0.2, 0.25) is 0 Å². The number of sulfonamides is 1. The first-order chi connectivity index (χ1) is 13.3. The first-order valence-electron chi connectivity index (χ1n) is 8.73. The van der Waals surface area contributed by atoms with E-state index in [0.29, 0.717) is 11.5 Å². The number of rotatable bonds is 4. The molecule has 0 aliphatic carbocycles. The first kappa shape index (κ1) is 18.1. The SMILES string of the molecule is Cc1cccc(-c2nnc3ccc(NS(=O)(=O)c4ccc(C)c(C)c4)nn23)c1. The molecule has 0 unspecified atom stereocenters. The molecule has 142 valence electrons. The van der Waals surface area contributed by atoms with E-state index in [1.54, 1.807) is 30.3 Å². The van der Waals surface area contributed by atoms with Gasteiger partial charge in [0.25, 0.3) is 10.0 Å². The van der Waals surface area contributed by atoms with Crippen molar-refractivity contribution >= 4 is 21.5 Å². The molecule has 2 aromatic heterocycles. The van der Waals surface area contributed by atoms with Crippen LogP contribution in [0.3, 0.4) is 0 Å². The minimum atomic E-state index is -3.76. The topological polar surface area (TPSA) is 89.2 Å². The maximum absolute atomic E-state index is 12.7. The number of hydrogen-bond acceptors (Lipinski definition) is 5. The third kappa shape index (κ3) is 3.34. The lowest BCUT2D eigenvalue weighted by molar-refractivity contribution is 0.600. The molecule has 8 heteroatoms. The van der Waals surface area contributed by atoms with E-state index in [1.807, 2.05) is 45.0 Å². The van der Waals surface area contributed by atoms with Crippen molar-refractivity contribution in [3.05, 3.63) is 71.3 Å². The van der Waals surface area contributed by atoms with E-state index in [2.05, 4.69) is 20.0 Å². The molecular formula is C20H19N5O2S. The smallest absolute Gasteiger partial charge is 0.262 e. The zero-order valence-electron chi connectivity index (χ0n) is 15.7. The molecular weight excluding hydrogens is 374 g/mol. The summed E-state index contributed by atoms with van der Waals surface area (Å²) in [6.45, 7) is 5.81. The average Bonchev–Trinajstić information content (AvgIpc) is 3.07. The number of aryl methyl sites for hydroxylation is 3. The Balaban J connectivity index is 1.73. The first-order valence-corrected chi connectivity index (χ1v) is 10.2. The lowest BCUT2D eigenvalue weighted by Crippen LogP contribution is -2.15. The van der Waals surface area contributed by atoms with E-state index in [1.165, 1.54) is 4.52 Å². The predicted molar refractivity (Wildman–Crippen MR) is 108 cm³/mol. The van der Waals surface area contributed by atoms with Gasteiger partial charge in [-0.3, -0.25) is 4.72 Å². The van der Waals surface area contributed by atoms with Crippen molar-refractivity contribution in [1.82, 2.24) is 19.8 Å². The highest BCUT2D eigenvalue weighted by Gasteiger charge is 2.17. The van der Waals surface area contributed by atoms with Gasteiger partial charge in [0.15, 0.2) is 17.3 Å². The molecule has 0 atom stereocenters. The van der Waals surface area contributed by atoms with Crippen LogP contribution in [0.25, 0.3) is 17.0 Å². The fourth-order valence-corrected chi connectivity index (χ4v) is 3.97. The zero-order valence-corrected chi connectivity index (χ0v) is 16.5. The third-order valence-electron chi connectivity index (χ3n) is 4.57. The molecule has 2 aromatic carbocycles. The fourth-order valence-electron chi connectivity index (χ4n) is 2.89. The number of aromatic nitrogens is 4. The van der Waals surface area contributed by atoms with Crippen molar-refractivity contribution in [2.45, 2.75) is 25.7 Å². The van der Waals surface area contributed by atoms with Crippen molar-refractivity contribution in [3.8, 4) is 11.4 Å². The van der Waals surface area contributed by atoms with Crippen LogP contribution in [0.4, 0.5) is 5.82 Å². The van der Waals surface area contributed by atoms with E-state index < -0.39 is 10.0 Å². The quantitative estimate of drug-likeness (QED) is 0.573. The largest absolute Gasteiger partial charge is 0.263 e. The van der Waals surface area contributed by atoms with Gasteiger partial charge in [-0.05, 0) is 62.2 Å². The molecule has 0 fully saturated rings. The van der Waals surface area contributed by atoms with Gasteiger partial charge < -0.3 is 0 Å². The molecule has 0 saturated carbocycles. The third-order valence-corrected chi connectivity index (χ3v) is 5.92. The molecule has 0 radical (unpaired) electrons. The fraction of sp³-hybridized carbons (Fsp3) is 0.150. The van der Waals surface area contributed by atoms with Crippen LogP contribution in [0.2, 0.25) is 0 Å². The Morgan fingerprint density at radius 1 is 0.893 bits per heavy atom. The van der Waals surface area contributed by atoms with Crippen LogP contribution in [-0.4, -0.2) is 28.2 Å². The number of nitrogens with zero attached hydrogens (tertiary/aromatic N) is 4. The van der Waals surface area contributed by atoms with Crippen LogP contribution in [0.5, 0.6) is 0 Å². The summed E-state index contributed by atoms with van der Waals surface area (Å²) in [7, 11) is -3.76. The molecule has 28 heavy (non-hydrogen) atoms. The van der Waals surface area contributed by atoms with Crippen LogP contribution in [0.1, 0.15) is 16.7 Å². The molecule has 0 saturated heterocycles. The summed E-state index contributed by atoms with van der Waals surface area (Å²) in [6.07, 6.45) is 0. The van der Waals surface area contributed by atoms with Crippen LogP contribution in [-0.2, 0) is 10.0 Å². The van der Waals surface area contributed by atoms with E-state index in [-0.39, 0.29) is 10.7 Å². The van der Waals surface area contributed by atoms with Gasteiger partial charge in [-0.25, -0.2) is 8.42 Å². The standard InChI is InChI=1S/C20H19N5O2S/c1-13-5-4-6-16(11-13)20-22-21-19-10-9-18(23-25(19)20)24-28(26,27)17-8-7-14(2)15(3)12-17/h4-12H,1-3H3,(H,23,24). The minimum absolute atomic E-state index is 0.194. The van der Waals surface area contributed by atoms with Crippen LogP contribution in [0, 0.1) is 20.8 Å². The number of benzene rings is 2. The minimum Gasteiger partial charge on any atom is -0.262 e. The summed E-state index contributed by atoms with van der Waals surface area (Å²) in [5.41, 5.74) is 4.42. The van der Waals surface area contributed by atoms with Gasteiger partial charge in [-0.1, -0.05) is 29.8 Å². The van der Waals surface area contributed by atoms with Crippen molar-refractivity contribution in [3.63, 3.8) is 0 Å². The monoisotopic (exact) mass is 393 g/mol. The molecule has 0 bridgehead atoms. The summed E-state index contributed by atoms with van der Waals surface area (Å²) >= 11 is 0. The van der Waals surface area contributed by atoms with Crippen molar-refractivity contribution in [2.75, 3.05) is 4.72 Å². The Labute approximate surface area is 163 Å². The van der Waals surface area contributed by atoms with E-state index in [9.17, 15) is 8.42 Å². The highest BCUT2D eigenvalue weighted by atomic mass is 32.2. The second kappa shape index (κ2) is 6.72. The highest BCUT2D eigenvalue weighted by molar-refractivity contribution is 7.92. The maximum atomic E-state index is 12.7. The van der Waals surface area contributed by atoms with Gasteiger partial charge in [0.1, 0.15) is 0 Å². The predicted octanol–water partition coefficient (Wildman–Crippen LogP) is 3.52. The molecule has 0 aliphatic heterocycles. The van der Waals surface area contributed by atoms with Crippen molar-refractivity contribution in [2.24, 2.45) is 0 Å². The van der Waals surface area contributed by atoms with Gasteiger partial charge in [0, 0.05) is 5.56 Å². The summed E-state index contributed by atoms with van der Waals surface area (Å²) in [6, 6.07) is 16.1. The summed E-state index contributed by atoms with van der Waals surface area (Å²) in [5, 5.41) is 12.7. The van der Waals surface area contributed by atoms with Gasteiger partial charge in [-0.15, -0.1) is 15.3 Å². The molecule has 4 aromatic rings. The number of hydrogen-bond donors (Lipinski definition) is 1. The lowest BCUT2D eigenvalue weighted by atomic mass is 10.1. The molecule has 2 heterocycles. The molecule has 1 N–H and O–H groups in total. The Bertz CT molecular complexity index is 1300. The number of fused-ring (bicyclic) bond motifs is 1. The van der Waals surface area contributed by atoms with E-state index >= 15 is 0 Å². The second-order valence-corrected chi connectivity index (χ2v) is 8.42. The van der Waals surface area contributed by atoms with Crippen LogP contribution >= 0.6 is 0 Å². The van der Waals surface area contributed by atoms with Gasteiger partial charge >= 0.3 is 0 Å². The van der Waals surface area contributed by atoms with E-state index in [0.717, 1.165) is 22.3 Å². The van der Waals surface area contributed by atoms with Crippen molar-refractivity contribution in [1.29, 1.82) is 0 Å². The summed E-state index contributed by atoms with van der Waals surface area (Å²) < 4.78 is 29.6. The maximum Gasteiger partial charge on any atom is 0.263 e. The van der Waals surface area contributed by atoms with E-state index in [4.69, 9.17) is 0 Å². The number of nitrogens with one attached hydrogen (secondary N) is 1. The van der Waals surface area contributed by atoms with Gasteiger partial charge in [-0.2, -0.15) is 4.52 Å². The molecule has 0 amide bonds. The Morgan fingerprint density at radius 2 is 1.71 bits per heavy atom. The Hall–Kier alpha value is -3.26. The normalized spacial score (nSPS) is 11.7. The Kier molecular flexibility index (Phi) is 4.35.